The first-order chi connectivity index (χ1) is 11.3. The molecule has 0 atom stereocenters. The lowest BCUT2D eigenvalue weighted by atomic mass is 10.3. The quantitative estimate of drug-likeness (QED) is 0.593. The van der Waals surface area contributed by atoms with Crippen LogP contribution in [0, 0.1) is 12.7 Å². The molecule has 2 rings (SSSR count). The van der Waals surface area contributed by atoms with Crippen LogP contribution in [0.5, 0.6) is 0 Å². The second kappa shape index (κ2) is 7.65. The van der Waals surface area contributed by atoms with E-state index in [0.29, 0.717) is 4.88 Å². The monoisotopic (exact) mass is 371 g/mol. The van der Waals surface area contributed by atoms with Crippen LogP contribution in [0.3, 0.4) is 0 Å². The van der Waals surface area contributed by atoms with Gasteiger partial charge < -0.3 is 4.74 Å². The molecule has 0 amide bonds. The van der Waals surface area contributed by atoms with E-state index < -0.39 is 35.0 Å². The van der Waals surface area contributed by atoms with Crippen molar-refractivity contribution in [3.8, 4) is 0 Å². The van der Waals surface area contributed by atoms with E-state index in [1.54, 1.807) is 12.1 Å². The molecule has 0 aliphatic carbocycles. The van der Waals surface area contributed by atoms with Crippen molar-refractivity contribution >= 4 is 33.1 Å². The largest absolute Gasteiger partial charge is 0.456 e. The topological polar surface area (TPSA) is 89.5 Å². The number of benzene rings is 1. The molecule has 0 saturated heterocycles. The number of nitrogens with one attached hydrogen (secondary N) is 1. The van der Waals surface area contributed by atoms with Crippen LogP contribution in [-0.2, 0) is 19.6 Å². The molecule has 0 spiro atoms. The summed E-state index contributed by atoms with van der Waals surface area (Å²) in [5.41, 5.74) is 0. The summed E-state index contributed by atoms with van der Waals surface area (Å²) >= 11 is 1.28. The molecule has 0 radical (unpaired) electrons. The fourth-order valence-corrected chi connectivity index (χ4v) is 3.52. The Bertz CT molecular complexity index is 860. The summed E-state index contributed by atoms with van der Waals surface area (Å²) in [5.74, 6) is -1.98. The lowest BCUT2D eigenvalue weighted by molar-refractivity contribution is -0.141. The molecule has 24 heavy (non-hydrogen) atoms. The van der Waals surface area contributed by atoms with Crippen molar-refractivity contribution in [3.05, 3.63) is 52.0 Å². The van der Waals surface area contributed by atoms with E-state index in [1.165, 1.54) is 23.5 Å². The maximum atomic E-state index is 13.0. The summed E-state index contributed by atoms with van der Waals surface area (Å²) in [7, 11) is -4.04. The van der Waals surface area contributed by atoms with Crippen LogP contribution in [0.4, 0.5) is 4.39 Å². The molecule has 1 N–H and O–H groups in total. The van der Waals surface area contributed by atoms with E-state index in [4.69, 9.17) is 4.74 Å². The van der Waals surface area contributed by atoms with Crippen molar-refractivity contribution in [1.82, 2.24) is 4.72 Å². The van der Waals surface area contributed by atoms with Gasteiger partial charge in [0.15, 0.2) is 6.61 Å². The SMILES string of the molecule is Cc1ccc(C(=O)COC(=O)CNS(=O)(=O)c2cccc(F)c2)s1. The van der Waals surface area contributed by atoms with Gasteiger partial charge in [0, 0.05) is 4.88 Å². The number of rotatable bonds is 7. The highest BCUT2D eigenvalue weighted by atomic mass is 32.2. The zero-order valence-corrected chi connectivity index (χ0v) is 14.2. The van der Waals surface area contributed by atoms with Gasteiger partial charge in [0.1, 0.15) is 12.4 Å². The number of carbonyl (C=O) groups excluding carboxylic acids is 2. The van der Waals surface area contributed by atoms with Crippen LogP contribution in [0.1, 0.15) is 14.5 Å². The van der Waals surface area contributed by atoms with Crippen molar-refractivity contribution in [2.45, 2.75) is 11.8 Å². The number of hydrogen-bond donors (Lipinski definition) is 1. The van der Waals surface area contributed by atoms with Gasteiger partial charge in [-0.05, 0) is 37.3 Å². The summed E-state index contributed by atoms with van der Waals surface area (Å²) < 4.78 is 43.6. The maximum absolute atomic E-state index is 13.0. The van der Waals surface area contributed by atoms with Gasteiger partial charge in [-0.3, -0.25) is 9.59 Å². The minimum Gasteiger partial charge on any atom is -0.456 e. The van der Waals surface area contributed by atoms with Crippen LogP contribution < -0.4 is 4.72 Å². The van der Waals surface area contributed by atoms with E-state index >= 15 is 0 Å². The smallest absolute Gasteiger partial charge is 0.321 e. The number of halogens is 1. The second-order valence-electron chi connectivity index (χ2n) is 4.78. The predicted molar refractivity (Wildman–Crippen MR) is 85.9 cm³/mol. The number of aryl methyl sites for hydroxylation is 1. The Balaban J connectivity index is 1.85. The van der Waals surface area contributed by atoms with Gasteiger partial charge in [-0.25, -0.2) is 12.8 Å². The summed E-state index contributed by atoms with van der Waals surface area (Å²) in [5, 5.41) is 0. The van der Waals surface area contributed by atoms with Crippen molar-refractivity contribution in [1.29, 1.82) is 0 Å². The number of carbonyl (C=O) groups is 2. The number of thiophene rings is 1. The van der Waals surface area contributed by atoms with Crippen LogP contribution >= 0.6 is 11.3 Å². The lowest BCUT2D eigenvalue weighted by Gasteiger charge is -2.07. The maximum Gasteiger partial charge on any atom is 0.321 e. The van der Waals surface area contributed by atoms with Crippen molar-refractivity contribution in [2.24, 2.45) is 0 Å². The number of sulfonamides is 1. The Labute approximate surface area is 142 Å². The van der Waals surface area contributed by atoms with E-state index in [9.17, 15) is 22.4 Å². The van der Waals surface area contributed by atoms with Crippen LogP contribution in [-0.4, -0.2) is 33.3 Å². The van der Waals surface area contributed by atoms with Gasteiger partial charge in [-0.15, -0.1) is 11.3 Å². The predicted octanol–water partition coefficient (Wildman–Crippen LogP) is 1.90. The second-order valence-corrected chi connectivity index (χ2v) is 7.83. The highest BCUT2D eigenvalue weighted by Gasteiger charge is 2.17. The Morgan fingerprint density at radius 2 is 2.00 bits per heavy atom. The zero-order chi connectivity index (χ0) is 17.7. The third kappa shape index (κ3) is 4.95. The molecular weight excluding hydrogens is 357 g/mol. The number of Topliss-reactive ketones (excluding diaryl/α,β-unsaturated/α-hetero) is 1. The molecule has 1 aromatic carbocycles. The molecule has 1 aromatic heterocycles. The fraction of sp³-hybridized carbons (Fsp3) is 0.200. The Morgan fingerprint density at radius 3 is 2.62 bits per heavy atom. The first kappa shape index (κ1) is 18.2. The standard InChI is InChI=1S/C15H14FNO5S2/c1-10-5-6-14(23-10)13(18)9-22-15(19)8-17-24(20,21)12-4-2-3-11(16)7-12/h2-7,17H,8-9H2,1H3. The average Bonchev–Trinajstić information content (AvgIpc) is 2.97. The minimum absolute atomic E-state index is 0.305. The summed E-state index contributed by atoms with van der Waals surface area (Å²) in [6.07, 6.45) is 0. The fourth-order valence-electron chi connectivity index (χ4n) is 1.72. The molecular formula is C15H14FNO5S2. The summed E-state index contributed by atoms with van der Waals surface area (Å²) in [6.45, 7) is 0.713. The van der Waals surface area contributed by atoms with Crippen LogP contribution in [0.15, 0.2) is 41.3 Å². The van der Waals surface area contributed by atoms with Gasteiger partial charge in [-0.2, -0.15) is 4.72 Å². The van der Waals surface area contributed by atoms with E-state index in [2.05, 4.69) is 0 Å². The summed E-state index contributed by atoms with van der Waals surface area (Å²) in [4.78, 5) is 24.4. The van der Waals surface area contributed by atoms with Gasteiger partial charge in [0.05, 0.1) is 9.77 Å². The molecule has 6 nitrogen and oxygen atoms in total. The number of ketones is 1. The highest BCUT2D eigenvalue weighted by molar-refractivity contribution is 7.89. The minimum atomic E-state index is -4.04. The van der Waals surface area contributed by atoms with Crippen molar-refractivity contribution in [2.75, 3.05) is 13.2 Å². The third-order valence-corrected chi connectivity index (χ3v) is 5.33. The number of ether oxygens (including phenoxy) is 1. The molecule has 0 aliphatic heterocycles. The number of esters is 1. The van der Waals surface area contributed by atoms with E-state index in [-0.39, 0.29) is 10.7 Å². The third-order valence-electron chi connectivity index (χ3n) is 2.89. The van der Waals surface area contributed by atoms with Gasteiger partial charge >= 0.3 is 5.97 Å². The highest BCUT2D eigenvalue weighted by Crippen LogP contribution is 2.15. The molecule has 0 unspecified atom stereocenters. The Kier molecular flexibility index (Phi) is 5.81. The first-order valence-corrected chi connectivity index (χ1v) is 9.08. The van der Waals surface area contributed by atoms with E-state index in [0.717, 1.165) is 17.0 Å². The molecule has 0 saturated carbocycles. The summed E-state index contributed by atoms with van der Waals surface area (Å²) in [6, 6.07) is 7.76. The molecule has 0 fully saturated rings. The van der Waals surface area contributed by atoms with Crippen molar-refractivity contribution in [3.63, 3.8) is 0 Å². The normalized spacial score (nSPS) is 11.2. The van der Waals surface area contributed by atoms with Gasteiger partial charge in [0.2, 0.25) is 15.8 Å². The van der Waals surface area contributed by atoms with Crippen LogP contribution in [0.25, 0.3) is 0 Å². The first-order valence-electron chi connectivity index (χ1n) is 6.78. The molecule has 0 aliphatic rings. The van der Waals surface area contributed by atoms with Crippen LogP contribution in [0.2, 0.25) is 0 Å². The molecule has 128 valence electrons. The molecule has 2 aromatic rings. The van der Waals surface area contributed by atoms with Gasteiger partial charge in [-0.1, -0.05) is 6.07 Å². The van der Waals surface area contributed by atoms with Gasteiger partial charge in [0.25, 0.3) is 0 Å². The number of hydrogen-bond acceptors (Lipinski definition) is 6. The zero-order valence-electron chi connectivity index (χ0n) is 12.6. The molecule has 0 bridgehead atoms. The average molecular weight is 371 g/mol. The van der Waals surface area contributed by atoms with Crippen molar-refractivity contribution < 1.29 is 27.1 Å². The Morgan fingerprint density at radius 1 is 1.25 bits per heavy atom. The molecule has 1 heterocycles. The van der Waals surface area contributed by atoms with E-state index in [1.807, 2.05) is 11.6 Å². The lowest BCUT2D eigenvalue weighted by Crippen LogP contribution is -2.31. The Hall–Kier alpha value is -2.10. The molecule has 9 heteroatoms.